The maximum atomic E-state index is 10.9. The maximum absolute atomic E-state index is 10.9. The van der Waals surface area contributed by atoms with Crippen molar-refractivity contribution in [2.45, 2.75) is 17.7 Å². The third-order valence-electron chi connectivity index (χ3n) is 1.60. The Labute approximate surface area is 89.4 Å². The largest absolute Gasteiger partial charge is 0.479 e. The second-order valence-electron chi connectivity index (χ2n) is 3.11. The van der Waals surface area contributed by atoms with E-state index in [9.17, 15) is 14.7 Å². The molecule has 1 aromatic rings. The first-order valence-electron chi connectivity index (χ1n) is 4.06. The number of nitrogens with one attached hydrogen (secondary N) is 1. The standard InChI is InChI=1S/C8H10N2O4S/c1-8(14,6(12)13)4-15-7-9-3-2-5(11)10-7/h2-3,14H,4H2,1H3,(H,12,13)(H,9,10,11). The molecule has 1 atom stereocenters. The highest BCUT2D eigenvalue weighted by atomic mass is 32.2. The number of H-pyrrole nitrogens is 1. The molecule has 82 valence electrons. The summed E-state index contributed by atoms with van der Waals surface area (Å²) >= 11 is 0.972. The number of aliphatic carboxylic acids is 1. The number of rotatable bonds is 4. The Bertz CT molecular complexity index is 415. The lowest BCUT2D eigenvalue weighted by atomic mass is 10.1. The van der Waals surface area contributed by atoms with Crippen LogP contribution in [0.4, 0.5) is 0 Å². The van der Waals surface area contributed by atoms with Gasteiger partial charge in [0, 0.05) is 18.0 Å². The predicted molar refractivity (Wildman–Crippen MR) is 53.8 cm³/mol. The van der Waals surface area contributed by atoms with Crippen LogP contribution in [-0.2, 0) is 4.79 Å². The number of aromatic amines is 1. The number of thioether (sulfide) groups is 1. The van der Waals surface area contributed by atoms with E-state index < -0.39 is 11.6 Å². The molecular weight excluding hydrogens is 220 g/mol. The molecule has 0 radical (unpaired) electrons. The summed E-state index contributed by atoms with van der Waals surface area (Å²) in [4.78, 5) is 27.6. The van der Waals surface area contributed by atoms with Crippen LogP contribution in [0.3, 0.4) is 0 Å². The summed E-state index contributed by atoms with van der Waals surface area (Å²) in [6, 6.07) is 1.25. The molecule has 0 amide bonds. The van der Waals surface area contributed by atoms with Crippen LogP contribution in [0.5, 0.6) is 0 Å². The quantitative estimate of drug-likeness (QED) is 0.484. The van der Waals surface area contributed by atoms with Crippen LogP contribution in [0.25, 0.3) is 0 Å². The first-order valence-corrected chi connectivity index (χ1v) is 5.04. The van der Waals surface area contributed by atoms with E-state index in [4.69, 9.17) is 5.11 Å². The molecule has 15 heavy (non-hydrogen) atoms. The van der Waals surface area contributed by atoms with E-state index >= 15 is 0 Å². The predicted octanol–water partition coefficient (Wildman–Crippen LogP) is -0.302. The van der Waals surface area contributed by atoms with E-state index in [1.807, 2.05) is 0 Å². The van der Waals surface area contributed by atoms with Crippen LogP contribution in [0, 0.1) is 0 Å². The van der Waals surface area contributed by atoms with Gasteiger partial charge in [0.2, 0.25) is 0 Å². The Hall–Kier alpha value is -1.34. The Morgan fingerprint density at radius 3 is 2.93 bits per heavy atom. The Morgan fingerprint density at radius 1 is 1.73 bits per heavy atom. The summed E-state index contributed by atoms with van der Waals surface area (Å²) in [5.41, 5.74) is -2.15. The number of nitrogens with zero attached hydrogens (tertiary/aromatic N) is 1. The number of hydrogen-bond acceptors (Lipinski definition) is 5. The average molecular weight is 230 g/mol. The molecule has 0 saturated heterocycles. The molecule has 6 nitrogen and oxygen atoms in total. The molecule has 1 rings (SSSR count). The van der Waals surface area contributed by atoms with Gasteiger partial charge in [0.25, 0.3) is 5.56 Å². The summed E-state index contributed by atoms with van der Waals surface area (Å²) < 4.78 is 0. The van der Waals surface area contributed by atoms with Gasteiger partial charge in [-0.1, -0.05) is 11.8 Å². The van der Waals surface area contributed by atoms with Gasteiger partial charge in [0.1, 0.15) is 0 Å². The van der Waals surface area contributed by atoms with Gasteiger partial charge in [-0.3, -0.25) is 4.79 Å². The van der Waals surface area contributed by atoms with Crippen LogP contribution in [0.1, 0.15) is 6.92 Å². The summed E-state index contributed by atoms with van der Waals surface area (Å²) in [7, 11) is 0. The molecule has 7 heteroatoms. The fourth-order valence-corrected chi connectivity index (χ4v) is 1.55. The van der Waals surface area contributed by atoms with Crippen LogP contribution in [0.15, 0.2) is 22.2 Å². The Morgan fingerprint density at radius 2 is 2.40 bits per heavy atom. The molecule has 0 fully saturated rings. The van der Waals surface area contributed by atoms with E-state index in [2.05, 4.69) is 9.97 Å². The normalized spacial score (nSPS) is 14.5. The highest BCUT2D eigenvalue weighted by Gasteiger charge is 2.30. The van der Waals surface area contributed by atoms with Crippen molar-refractivity contribution in [2.24, 2.45) is 0 Å². The number of carbonyl (C=O) groups is 1. The molecule has 0 aromatic carbocycles. The van der Waals surface area contributed by atoms with Gasteiger partial charge in [0.15, 0.2) is 10.8 Å². The lowest BCUT2D eigenvalue weighted by Gasteiger charge is -2.16. The van der Waals surface area contributed by atoms with Gasteiger partial charge >= 0.3 is 5.97 Å². The minimum absolute atomic E-state index is 0.0880. The van der Waals surface area contributed by atoms with E-state index in [1.165, 1.54) is 19.2 Å². The zero-order valence-corrected chi connectivity index (χ0v) is 8.74. The number of aromatic nitrogens is 2. The highest BCUT2D eigenvalue weighted by Crippen LogP contribution is 2.18. The summed E-state index contributed by atoms with van der Waals surface area (Å²) in [6.07, 6.45) is 1.32. The average Bonchev–Trinajstić information content (AvgIpc) is 2.15. The number of aliphatic hydroxyl groups is 1. The monoisotopic (exact) mass is 230 g/mol. The Kier molecular flexibility index (Phi) is 3.48. The van der Waals surface area contributed by atoms with Crippen molar-refractivity contribution in [3.8, 4) is 0 Å². The molecule has 3 N–H and O–H groups in total. The number of carboxylic acids is 1. The van der Waals surface area contributed by atoms with Gasteiger partial charge in [-0.25, -0.2) is 9.78 Å². The molecule has 1 aromatic heterocycles. The smallest absolute Gasteiger partial charge is 0.336 e. The maximum Gasteiger partial charge on any atom is 0.336 e. The summed E-state index contributed by atoms with van der Waals surface area (Å²) in [5, 5.41) is 18.3. The van der Waals surface area contributed by atoms with Gasteiger partial charge < -0.3 is 15.2 Å². The van der Waals surface area contributed by atoms with Gasteiger partial charge in [-0.05, 0) is 6.92 Å². The molecule has 0 aliphatic rings. The van der Waals surface area contributed by atoms with E-state index in [1.54, 1.807) is 0 Å². The summed E-state index contributed by atoms with van der Waals surface area (Å²) in [5.74, 6) is -1.40. The minimum atomic E-state index is -1.83. The van der Waals surface area contributed by atoms with Crippen molar-refractivity contribution in [1.82, 2.24) is 9.97 Å². The zero-order chi connectivity index (χ0) is 11.5. The molecular formula is C8H10N2O4S. The first kappa shape index (κ1) is 11.7. The van der Waals surface area contributed by atoms with E-state index in [-0.39, 0.29) is 16.5 Å². The van der Waals surface area contributed by atoms with Gasteiger partial charge in [-0.2, -0.15) is 0 Å². The molecule has 0 saturated carbocycles. The molecule has 0 spiro atoms. The number of carboxylic acid groups (broad SMARTS) is 1. The van der Waals surface area contributed by atoms with Crippen molar-refractivity contribution >= 4 is 17.7 Å². The highest BCUT2D eigenvalue weighted by molar-refractivity contribution is 7.99. The molecule has 1 heterocycles. The van der Waals surface area contributed by atoms with E-state index in [0.717, 1.165) is 11.8 Å². The molecule has 0 bridgehead atoms. The third-order valence-corrected chi connectivity index (χ3v) is 2.79. The lowest BCUT2D eigenvalue weighted by Crippen LogP contribution is -2.37. The molecule has 1 unspecified atom stereocenters. The Balaban J connectivity index is 2.65. The van der Waals surface area contributed by atoms with Crippen molar-refractivity contribution < 1.29 is 15.0 Å². The van der Waals surface area contributed by atoms with Gasteiger partial charge in [0.05, 0.1) is 0 Å². The van der Waals surface area contributed by atoms with Crippen molar-refractivity contribution in [2.75, 3.05) is 5.75 Å². The van der Waals surface area contributed by atoms with Gasteiger partial charge in [-0.15, -0.1) is 0 Å². The fourth-order valence-electron chi connectivity index (χ4n) is 0.696. The van der Waals surface area contributed by atoms with Crippen molar-refractivity contribution in [1.29, 1.82) is 0 Å². The first-order chi connectivity index (χ1) is 6.92. The molecule has 0 aliphatic carbocycles. The van der Waals surface area contributed by atoms with Crippen molar-refractivity contribution in [3.05, 3.63) is 22.6 Å². The van der Waals surface area contributed by atoms with Crippen LogP contribution >= 0.6 is 11.8 Å². The topological polar surface area (TPSA) is 103 Å². The second kappa shape index (κ2) is 4.45. The van der Waals surface area contributed by atoms with Crippen LogP contribution in [-0.4, -0.2) is 37.5 Å². The fraction of sp³-hybridized carbons (Fsp3) is 0.375. The van der Waals surface area contributed by atoms with Crippen LogP contribution < -0.4 is 5.56 Å². The van der Waals surface area contributed by atoms with E-state index in [0.29, 0.717) is 0 Å². The third kappa shape index (κ3) is 3.37. The van der Waals surface area contributed by atoms with Crippen LogP contribution in [0.2, 0.25) is 0 Å². The van der Waals surface area contributed by atoms with Crippen molar-refractivity contribution in [3.63, 3.8) is 0 Å². The molecule has 0 aliphatic heterocycles. The SMILES string of the molecule is CC(O)(CSc1nccc(=O)[nH]1)C(=O)O. The zero-order valence-electron chi connectivity index (χ0n) is 7.93. The summed E-state index contributed by atoms with van der Waals surface area (Å²) in [6.45, 7) is 1.18. The lowest BCUT2D eigenvalue weighted by molar-refractivity contribution is -0.154. The minimum Gasteiger partial charge on any atom is -0.479 e. The second-order valence-corrected chi connectivity index (χ2v) is 4.07. The number of hydrogen-bond donors (Lipinski definition) is 3.